The normalized spacial score (nSPS) is 16.1. The third-order valence-corrected chi connectivity index (χ3v) is 7.38. The van der Waals surface area contributed by atoms with E-state index in [9.17, 15) is 12.8 Å². The molecule has 0 radical (unpaired) electrons. The van der Waals surface area contributed by atoms with Crippen LogP contribution in [0.3, 0.4) is 0 Å². The lowest BCUT2D eigenvalue weighted by atomic mass is 10.1. The van der Waals surface area contributed by atoms with Gasteiger partial charge in [0.1, 0.15) is 5.82 Å². The molecule has 0 aliphatic carbocycles. The molecular weight excluding hydrogens is 401 g/mol. The van der Waals surface area contributed by atoms with E-state index in [-0.39, 0.29) is 17.6 Å². The van der Waals surface area contributed by atoms with E-state index in [1.165, 1.54) is 23.5 Å². The summed E-state index contributed by atoms with van der Waals surface area (Å²) in [5, 5.41) is 5.49. The van der Waals surface area contributed by atoms with Gasteiger partial charge in [0.25, 0.3) is 0 Å². The Kier molecular flexibility index (Phi) is 5.35. The number of benzene rings is 1. The zero-order chi connectivity index (χ0) is 19.7. The van der Waals surface area contributed by atoms with Crippen LogP contribution in [0.5, 0.6) is 0 Å². The molecule has 1 N–H and O–H groups in total. The van der Waals surface area contributed by atoms with Gasteiger partial charge in [0.2, 0.25) is 20.1 Å². The molecule has 28 heavy (non-hydrogen) atoms. The van der Waals surface area contributed by atoms with Crippen molar-refractivity contribution in [3.63, 3.8) is 0 Å². The maximum Gasteiger partial charge on any atom is 0.214 e. The van der Waals surface area contributed by atoms with Crippen molar-refractivity contribution in [1.82, 2.24) is 19.3 Å². The van der Waals surface area contributed by atoms with Crippen LogP contribution in [0.2, 0.25) is 0 Å². The molecule has 7 nitrogen and oxygen atoms in total. The second kappa shape index (κ2) is 7.76. The van der Waals surface area contributed by atoms with Crippen molar-refractivity contribution in [2.75, 3.05) is 23.7 Å². The van der Waals surface area contributed by atoms with Gasteiger partial charge in [-0.1, -0.05) is 18.3 Å². The molecule has 0 amide bonds. The maximum absolute atomic E-state index is 13.1. The number of halogens is 1. The van der Waals surface area contributed by atoms with Crippen LogP contribution >= 0.6 is 11.3 Å². The highest BCUT2D eigenvalue weighted by atomic mass is 32.2. The first-order chi connectivity index (χ1) is 13.4. The Balaban J connectivity index is 1.42. The monoisotopic (exact) mass is 423 g/mol. The smallest absolute Gasteiger partial charge is 0.214 e. The van der Waals surface area contributed by atoms with Crippen LogP contribution in [0.25, 0.3) is 16.2 Å². The zero-order valence-electron chi connectivity index (χ0n) is 15.5. The summed E-state index contributed by atoms with van der Waals surface area (Å²) in [7, 11) is -3.18. The maximum atomic E-state index is 13.1. The van der Waals surface area contributed by atoms with E-state index in [2.05, 4.69) is 19.7 Å². The zero-order valence-corrected chi connectivity index (χ0v) is 17.1. The van der Waals surface area contributed by atoms with E-state index in [0.717, 1.165) is 47.3 Å². The molecule has 1 aliphatic heterocycles. The first-order valence-electron chi connectivity index (χ1n) is 9.30. The molecule has 3 heterocycles. The summed E-state index contributed by atoms with van der Waals surface area (Å²) in [6.07, 6.45) is 3.97. The lowest BCUT2D eigenvalue weighted by molar-refractivity contribution is 0.459. The Morgan fingerprint density at radius 1 is 1.25 bits per heavy atom. The third-order valence-electron chi connectivity index (χ3n) is 4.76. The highest BCUT2D eigenvalue weighted by Gasteiger charge is 2.25. The van der Waals surface area contributed by atoms with Gasteiger partial charge in [-0.25, -0.2) is 27.0 Å². The number of nitrogens with one attached hydrogen (secondary N) is 1. The van der Waals surface area contributed by atoms with Crippen molar-refractivity contribution in [2.24, 2.45) is 0 Å². The number of hydrogen-bond acceptors (Lipinski definition) is 6. The summed E-state index contributed by atoms with van der Waals surface area (Å²) < 4.78 is 41.5. The van der Waals surface area contributed by atoms with Crippen molar-refractivity contribution < 1.29 is 12.8 Å². The first-order valence-corrected chi connectivity index (χ1v) is 11.8. The minimum atomic E-state index is -3.18. The molecule has 0 bridgehead atoms. The molecule has 1 fully saturated rings. The summed E-state index contributed by atoms with van der Waals surface area (Å²) in [6, 6.07) is 6.23. The summed E-state index contributed by atoms with van der Waals surface area (Å²) in [4.78, 5) is 7.54. The molecule has 1 aliphatic rings. The van der Waals surface area contributed by atoms with E-state index in [1.807, 2.05) is 13.1 Å². The molecule has 10 heteroatoms. The van der Waals surface area contributed by atoms with E-state index in [1.54, 1.807) is 16.6 Å². The van der Waals surface area contributed by atoms with E-state index in [4.69, 9.17) is 0 Å². The molecule has 150 valence electrons. The van der Waals surface area contributed by atoms with Gasteiger partial charge in [-0.3, -0.25) is 0 Å². The summed E-state index contributed by atoms with van der Waals surface area (Å²) in [6.45, 7) is 3.36. The van der Waals surface area contributed by atoms with Crippen molar-refractivity contribution >= 4 is 31.5 Å². The fraction of sp³-hybridized carbons (Fsp3) is 0.444. The second-order valence-electron chi connectivity index (χ2n) is 6.94. The number of nitrogens with zero attached hydrogens (tertiary/aromatic N) is 4. The highest BCUT2D eigenvalue weighted by Crippen LogP contribution is 2.28. The van der Waals surface area contributed by atoms with Gasteiger partial charge in [-0.05, 0) is 43.5 Å². The second-order valence-corrected chi connectivity index (χ2v) is 9.75. The molecule has 0 atom stereocenters. The number of sulfonamides is 1. The Bertz CT molecular complexity index is 1020. The molecule has 0 unspecified atom stereocenters. The molecule has 1 saturated heterocycles. The van der Waals surface area contributed by atoms with Gasteiger partial charge in [0, 0.05) is 24.7 Å². The average Bonchev–Trinajstić information content (AvgIpc) is 3.22. The van der Waals surface area contributed by atoms with Crippen LogP contribution in [-0.4, -0.2) is 47.9 Å². The quantitative estimate of drug-likeness (QED) is 0.660. The van der Waals surface area contributed by atoms with Gasteiger partial charge in [0.05, 0.1) is 17.6 Å². The fourth-order valence-corrected chi connectivity index (χ4v) is 5.68. The van der Waals surface area contributed by atoms with Gasteiger partial charge >= 0.3 is 0 Å². The van der Waals surface area contributed by atoms with Gasteiger partial charge in [0.15, 0.2) is 0 Å². The predicted octanol–water partition coefficient (Wildman–Crippen LogP) is 2.90. The SMILES string of the molecule is CCCS(=O)(=O)NC1CCN(c2nn3cc(-c4ccc(F)cc4)nc3s2)CC1. The van der Waals surface area contributed by atoms with Crippen molar-refractivity contribution in [2.45, 2.75) is 32.2 Å². The Morgan fingerprint density at radius 3 is 2.61 bits per heavy atom. The number of anilines is 1. The van der Waals surface area contributed by atoms with E-state index < -0.39 is 10.0 Å². The lowest BCUT2D eigenvalue weighted by Gasteiger charge is -2.31. The molecular formula is C18H22FN5O2S2. The topological polar surface area (TPSA) is 79.6 Å². The van der Waals surface area contributed by atoms with Gasteiger partial charge < -0.3 is 4.90 Å². The van der Waals surface area contributed by atoms with Crippen LogP contribution in [0.4, 0.5) is 9.52 Å². The minimum absolute atomic E-state index is 0.0121. The standard InChI is InChI=1S/C18H22FN5O2S2/c1-2-11-28(25,26)22-15-7-9-23(10-8-15)18-21-24-12-16(20-17(24)27-18)13-3-5-14(19)6-4-13/h3-6,12,15,22H,2,7-11H2,1H3. The Labute approximate surface area is 167 Å². The van der Waals surface area contributed by atoms with E-state index >= 15 is 0 Å². The molecule has 4 rings (SSSR count). The van der Waals surface area contributed by atoms with Crippen molar-refractivity contribution in [3.8, 4) is 11.3 Å². The molecule has 1 aromatic carbocycles. The fourth-order valence-electron chi connectivity index (χ4n) is 3.35. The van der Waals surface area contributed by atoms with Crippen LogP contribution in [0, 0.1) is 5.82 Å². The Morgan fingerprint density at radius 2 is 1.96 bits per heavy atom. The third kappa shape index (κ3) is 4.18. The largest absolute Gasteiger partial charge is 0.347 e. The number of hydrogen-bond donors (Lipinski definition) is 1. The number of aromatic nitrogens is 3. The number of fused-ring (bicyclic) bond motifs is 1. The van der Waals surface area contributed by atoms with Crippen LogP contribution in [0.15, 0.2) is 30.5 Å². The predicted molar refractivity (Wildman–Crippen MR) is 109 cm³/mol. The van der Waals surface area contributed by atoms with E-state index in [0.29, 0.717) is 6.42 Å². The minimum Gasteiger partial charge on any atom is -0.347 e. The van der Waals surface area contributed by atoms with Crippen LogP contribution in [0.1, 0.15) is 26.2 Å². The van der Waals surface area contributed by atoms with Crippen LogP contribution < -0.4 is 9.62 Å². The number of imidazole rings is 1. The summed E-state index contributed by atoms with van der Waals surface area (Å²) in [5.41, 5.74) is 1.61. The summed E-state index contributed by atoms with van der Waals surface area (Å²) >= 11 is 1.50. The van der Waals surface area contributed by atoms with Crippen LogP contribution in [-0.2, 0) is 10.0 Å². The van der Waals surface area contributed by atoms with Crippen molar-refractivity contribution in [3.05, 3.63) is 36.3 Å². The van der Waals surface area contributed by atoms with Gasteiger partial charge in [-0.2, -0.15) is 0 Å². The summed E-state index contributed by atoms with van der Waals surface area (Å²) in [5.74, 6) is -0.0987. The number of piperidine rings is 1. The van der Waals surface area contributed by atoms with Gasteiger partial charge in [-0.15, -0.1) is 5.10 Å². The molecule has 0 spiro atoms. The first kappa shape index (κ1) is 19.3. The highest BCUT2D eigenvalue weighted by molar-refractivity contribution is 7.89. The molecule has 3 aromatic rings. The molecule has 0 saturated carbocycles. The lowest BCUT2D eigenvalue weighted by Crippen LogP contribution is -2.45. The Hall–Kier alpha value is -2.04. The average molecular weight is 424 g/mol. The molecule has 2 aromatic heterocycles. The van der Waals surface area contributed by atoms with Crippen molar-refractivity contribution in [1.29, 1.82) is 0 Å². The number of rotatable bonds is 6.